The van der Waals surface area contributed by atoms with Crippen molar-refractivity contribution in [2.45, 2.75) is 172 Å². The average molecular weight is 1140 g/mol. The first-order chi connectivity index (χ1) is 36.1. The number of fused-ring (bicyclic) bond motifs is 1. The van der Waals surface area contributed by atoms with Crippen LogP contribution in [0.3, 0.4) is 0 Å². The van der Waals surface area contributed by atoms with Gasteiger partial charge in [-0.1, -0.05) is 48.0 Å². The number of phosphoric acid groups is 1. The molecule has 2 saturated heterocycles. The number of hydroxylamine groups is 2. The van der Waals surface area contributed by atoms with Gasteiger partial charge < -0.3 is 85.9 Å². The number of hydrogen-bond acceptors (Lipinski definition) is 20. The Morgan fingerprint density at radius 2 is 1.31 bits per heavy atom. The number of nitrogens with two attached hydrogens (primary N) is 6. The zero-order chi connectivity index (χ0) is 58.6. The van der Waals surface area contributed by atoms with E-state index in [9.17, 15) is 57.7 Å². The summed E-state index contributed by atoms with van der Waals surface area (Å²) in [5.41, 5.74) is 33.7. The molecule has 2 rings (SSSR count). The van der Waals surface area contributed by atoms with Gasteiger partial charge in [-0.25, -0.2) is 13.9 Å². The predicted octanol–water partition coefficient (Wildman–Crippen LogP) is -3.32. The standard InChI is InChI=1S/C38H72N12O9.C8H15N2O6PS/c1-7-23(6)31(50-32(54)25(40)13-14-30(41)53)37(59)47-26(11-8-9-15-39)33(55)46-27(12-10-16-44-38(42)43)34(56)48-29(18-22(4)5)36(58)49-28(17-21(2)3)35(57)45-24(19-51)20-52;1-18-3-2-7(9)8-10(15-8)6(4-11)5-14-17(12,13)16-8/h19,21-29,31,52H,7-18,20,39-40H2,1-6H3,(H2,41,53)(H,45,57)(H,46,55)(H,47,59)(H,48,56)(H,49,58)(H,50,54)(H4,42,43,44);4,6-7H,2-3,5,9H2,1H3,(H,12,13)/t23-,24+,25-,26-,27-,28-,29-,31-;6-,7+,8+,10?/m01/s1. The third-order valence-corrected chi connectivity index (χ3v) is 13.7. The number of thioether (sulfide) groups is 1. The van der Waals surface area contributed by atoms with Crippen molar-refractivity contribution in [3.8, 4) is 0 Å². The van der Waals surface area contributed by atoms with Gasteiger partial charge in [0.15, 0.2) is 5.96 Å². The third-order valence-electron chi connectivity index (χ3n) is 12.1. The second-order valence-electron chi connectivity index (χ2n) is 19.6. The number of unbranched alkanes of at least 4 members (excludes halogenated alkanes) is 1. The van der Waals surface area contributed by atoms with Crippen LogP contribution in [0.1, 0.15) is 112 Å². The number of aldehydes is 2. The van der Waals surface area contributed by atoms with Crippen molar-refractivity contribution in [2.75, 3.05) is 38.3 Å². The second kappa shape index (κ2) is 35.6. The Morgan fingerprint density at radius 3 is 1.79 bits per heavy atom. The van der Waals surface area contributed by atoms with Crippen LogP contribution in [-0.2, 0) is 61.6 Å². The highest BCUT2D eigenvalue weighted by molar-refractivity contribution is 7.98. The minimum absolute atomic E-state index is 0.00913. The summed E-state index contributed by atoms with van der Waals surface area (Å²) in [6.07, 6.45) is 5.28. The molecular formula is C46H87N14O15PS. The van der Waals surface area contributed by atoms with E-state index in [1.165, 1.54) is 5.06 Å². The summed E-state index contributed by atoms with van der Waals surface area (Å²) in [6, 6.07) is -9.57. The van der Waals surface area contributed by atoms with Crippen molar-refractivity contribution >= 4 is 79.5 Å². The van der Waals surface area contributed by atoms with Crippen LogP contribution < -0.4 is 66.3 Å². The molecule has 31 heteroatoms. The van der Waals surface area contributed by atoms with Crippen LogP contribution in [0.25, 0.3) is 0 Å². The van der Waals surface area contributed by atoms with Crippen molar-refractivity contribution in [1.82, 2.24) is 37.0 Å². The number of aliphatic imine (C=N–C) groups is 1. The Labute approximate surface area is 454 Å². The first-order valence-corrected chi connectivity index (χ1v) is 28.6. The summed E-state index contributed by atoms with van der Waals surface area (Å²) in [5.74, 6) is -6.40. The Bertz CT molecular complexity index is 2010. The molecule has 0 bridgehead atoms. The number of nitrogens with zero attached hydrogens (tertiary/aromatic N) is 2. The van der Waals surface area contributed by atoms with Gasteiger partial charge in [-0.2, -0.15) is 11.8 Å². The number of rotatable bonds is 36. The van der Waals surface area contributed by atoms with E-state index in [4.69, 9.17) is 43.8 Å². The number of hydrogen-bond donors (Lipinski definition) is 14. The van der Waals surface area contributed by atoms with Crippen LogP contribution in [0.2, 0.25) is 0 Å². The van der Waals surface area contributed by atoms with E-state index >= 15 is 0 Å². The summed E-state index contributed by atoms with van der Waals surface area (Å²) >= 11 is 1.58. The molecule has 2 aliphatic heterocycles. The Hall–Kier alpha value is -4.88. The van der Waals surface area contributed by atoms with E-state index in [1.54, 1.807) is 18.7 Å². The summed E-state index contributed by atoms with van der Waals surface area (Å²) in [4.78, 5) is 133. The fourth-order valence-electron chi connectivity index (χ4n) is 7.54. The molecule has 2 aliphatic rings. The van der Waals surface area contributed by atoms with Crippen LogP contribution in [0, 0.1) is 17.8 Å². The Morgan fingerprint density at radius 1 is 0.779 bits per heavy atom. The van der Waals surface area contributed by atoms with Gasteiger partial charge in [0.1, 0.15) is 54.9 Å². The van der Waals surface area contributed by atoms with Crippen molar-refractivity contribution in [1.29, 1.82) is 0 Å². The van der Waals surface area contributed by atoms with Crippen molar-refractivity contribution in [2.24, 2.45) is 57.1 Å². The number of carbonyl (C=O) groups excluding carboxylic acids is 9. The molecule has 0 aliphatic carbocycles. The molecule has 77 heavy (non-hydrogen) atoms. The molecule has 13 atom stereocenters. The topological polar surface area (TPSA) is 486 Å². The largest absolute Gasteiger partial charge is 0.476 e. The normalized spacial score (nSPS) is 22.2. The lowest BCUT2D eigenvalue weighted by Gasteiger charge is -2.29. The molecule has 29 nitrogen and oxygen atoms in total. The van der Waals surface area contributed by atoms with E-state index in [0.29, 0.717) is 44.8 Å². The summed E-state index contributed by atoms with van der Waals surface area (Å²) in [5, 5.41) is 26.4. The molecule has 0 saturated carbocycles. The lowest BCUT2D eigenvalue weighted by molar-refractivity contribution is -0.136. The lowest BCUT2D eigenvalue weighted by atomic mass is 9.96. The van der Waals surface area contributed by atoms with E-state index in [2.05, 4.69) is 41.4 Å². The minimum atomic E-state index is -4.26. The molecular weight excluding hydrogens is 1050 g/mol. The molecule has 0 aromatic rings. The van der Waals surface area contributed by atoms with Crippen LogP contribution in [-0.4, -0.2) is 174 Å². The van der Waals surface area contributed by atoms with Gasteiger partial charge in [-0.3, -0.25) is 43.1 Å². The Kier molecular flexibility index (Phi) is 32.4. The molecule has 2 fully saturated rings. The van der Waals surface area contributed by atoms with Gasteiger partial charge in [0, 0.05) is 13.0 Å². The molecule has 0 aromatic carbocycles. The number of guanidine groups is 1. The first kappa shape index (κ1) is 70.1. The van der Waals surface area contributed by atoms with Crippen molar-refractivity contribution in [3.63, 3.8) is 0 Å². The van der Waals surface area contributed by atoms with Crippen LogP contribution in [0.5, 0.6) is 0 Å². The van der Waals surface area contributed by atoms with Crippen molar-refractivity contribution < 1.29 is 71.6 Å². The summed E-state index contributed by atoms with van der Waals surface area (Å²) < 4.78 is 21.2. The number of phosphoric ester groups is 1. The summed E-state index contributed by atoms with van der Waals surface area (Å²) in [6.45, 7) is 10.4. The fourth-order valence-corrected chi connectivity index (χ4v) is 9.01. The quantitative estimate of drug-likeness (QED) is 0.00729. The highest BCUT2D eigenvalue weighted by Crippen LogP contribution is 2.58. The molecule has 2 heterocycles. The monoisotopic (exact) mass is 1140 g/mol. The smallest absolute Gasteiger partial charge is 0.394 e. The van der Waals surface area contributed by atoms with Crippen molar-refractivity contribution in [3.05, 3.63) is 0 Å². The fraction of sp³-hybridized carbons (Fsp3) is 0.783. The van der Waals surface area contributed by atoms with Crippen LogP contribution >= 0.6 is 19.6 Å². The number of primary amides is 1. The van der Waals surface area contributed by atoms with Gasteiger partial charge in [-0.05, 0) is 94.1 Å². The van der Waals surface area contributed by atoms with Gasteiger partial charge in [0.2, 0.25) is 41.4 Å². The number of carbonyl (C=O) groups is 9. The van der Waals surface area contributed by atoms with E-state index < -0.39 is 122 Å². The number of amides is 7. The summed E-state index contributed by atoms with van der Waals surface area (Å²) in [7, 11) is -4.26. The van der Waals surface area contributed by atoms with Gasteiger partial charge in [-0.15, -0.1) is 5.06 Å². The van der Waals surface area contributed by atoms with Crippen LogP contribution in [0.4, 0.5) is 0 Å². The maximum absolute atomic E-state index is 14.0. The second-order valence-corrected chi connectivity index (χ2v) is 22.0. The predicted molar refractivity (Wildman–Crippen MR) is 286 cm³/mol. The lowest BCUT2D eigenvalue weighted by Crippen LogP contribution is -2.60. The van der Waals surface area contributed by atoms with Gasteiger partial charge >= 0.3 is 7.82 Å². The Balaban J connectivity index is 0.00000136. The highest BCUT2D eigenvalue weighted by Gasteiger charge is 2.69. The van der Waals surface area contributed by atoms with Gasteiger partial charge in [0.05, 0.1) is 25.3 Å². The number of aliphatic hydroxyl groups excluding tert-OH is 1. The molecule has 20 N–H and O–H groups in total. The number of nitrogens with one attached hydrogen (secondary N) is 6. The van der Waals surface area contributed by atoms with E-state index in [0.717, 1.165) is 5.75 Å². The molecule has 442 valence electrons. The maximum Gasteiger partial charge on any atom is 0.476 e. The highest BCUT2D eigenvalue weighted by atomic mass is 32.2. The minimum Gasteiger partial charge on any atom is -0.394 e. The molecule has 0 spiro atoms. The SMILES string of the molecule is CC[C@H](C)[C@H](NC(=O)[C@@H](N)CCC(N)=O)C(=O)N[C@@H](CCCCN)C(=O)N[C@@H](CCCN=C(N)N)C(=O)N[C@@H](CC(C)C)C(=O)N[C@@H](CC(C)C)C(=O)N[C@H](C=O)CO.CSCC[C@H](N)[C@@]12ON1[C@H](C=O)COP(=O)(O)O2. The third kappa shape index (κ3) is 25.6. The first-order valence-electron chi connectivity index (χ1n) is 25.7. The molecule has 7 amide bonds. The average Bonchev–Trinajstić information content (AvgIpc) is 4.10. The van der Waals surface area contributed by atoms with Gasteiger partial charge in [0.25, 0.3) is 5.91 Å². The molecule has 0 radical (unpaired) electrons. The maximum atomic E-state index is 14.0. The van der Waals surface area contributed by atoms with E-state index in [1.807, 2.05) is 40.9 Å². The van der Waals surface area contributed by atoms with Crippen LogP contribution in [0.15, 0.2) is 4.99 Å². The van der Waals surface area contributed by atoms with E-state index in [-0.39, 0.29) is 75.9 Å². The zero-order valence-electron chi connectivity index (χ0n) is 45.3. The molecule has 0 aromatic heterocycles. The molecule has 2 unspecified atom stereocenters. The number of aliphatic hydroxyl groups is 1. The zero-order valence-corrected chi connectivity index (χ0v) is 47.0.